The first-order chi connectivity index (χ1) is 28.0. The van der Waals surface area contributed by atoms with Gasteiger partial charge >= 0.3 is 0 Å². The van der Waals surface area contributed by atoms with Gasteiger partial charge in [-0.25, -0.2) is 18.4 Å². The maximum Gasteiger partial charge on any atom is 0.259 e. The molecule has 2 saturated carbocycles. The van der Waals surface area contributed by atoms with Crippen molar-refractivity contribution >= 4 is 67.5 Å². The van der Waals surface area contributed by atoms with Crippen LogP contribution in [0.1, 0.15) is 58.9 Å². The lowest BCUT2D eigenvalue weighted by Gasteiger charge is -2.35. The molecule has 2 aliphatic heterocycles. The number of carbonyl (C=O) groups is 3. The molecule has 0 radical (unpaired) electrons. The molecule has 3 N–H and O–H groups in total. The minimum atomic E-state index is -3.90. The van der Waals surface area contributed by atoms with Crippen molar-refractivity contribution < 1.29 is 41.7 Å². The second kappa shape index (κ2) is 16.5. The van der Waals surface area contributed by atoms with Crippen LogP contribution in [-0.2, 0) is 33.9 Å². The molecule has 0 unspecified atom stereocenters. The maximum absolute atomic E-state index is 14.8. The molecule has 3 amide bonds. The van der Waals surface area contributed by atoms with Crippen LogP contribution in [0.2, 0.25) is 5.02 Å². The van der Waals surface area contributed by atoms with E-state index in [1.807, 2.05) is 44.4 Å². The fourth-order valence-corrected chi connectivity index (χ4v) is 9.38. The standard InChI is InChI=1S/C41H47ClN6O9S2/c1-7-26-18-41(26,38(51)47-59(52,53)29-13-14-29)46-36(49)31-17-28(57-23(2)43-19-34(54-6)24-8-11-27(42)12-9-24)20-48(31)37(50)35(40(3,4)5)45-39-44-30(21-58-39)25-10-15-32-33(16-25)56-22-55-32/h7-12,15-16,19,21,26,28-29,31,35H,1,13-14,17-18,20,22H2,2-6H3,(H,44,45)(H,46,49)(H,47,51)/b34-19+,43-23+/t26-,28-,31+,35-,41-/m1/s1. The predicted molar refractivity (Wildman–Crippen MR) is 224 cm³/mol. The van der Waals surface area contributed by atoms with Gasteiger partial charge < -0.3 is 34.5 Å². The molecule has 314 valence electrons. The van der Waals surface area contributed by atoms with Gasteiger partial charge in [-0.1, -0.05) is 38.4 Å². The molecule has 5 atom stereocenters. The van der Waals surface area contributed by atoms with Crippen LogP contribution in [0.5, 0.6) is 11.5 Å². The Balaban J connectivity index is 1.14. The SMILES string of the molecule is C=C[C@@H]1C[C@]1(NC(=O)[C@@H]1C[C@@H](O/C(C)=N/C=C(/OC)c2ccc(Cl)cc2)CN1C(=O)[C@@H](Nc1nc(-c2ccc3c(c2)OCO3)cs1)C(C)(C)C)C(=O)NS(=O)(=O)C1CC1. The number of benzene rings is 2. The van der Waals surface area contributed by atoms with Crippen molar-refractivity contribution in [1.82, 2.24) is 19.9 Å². The van der Waals surface area contributed by atoms with Crippen molar-refractivity contribution in [2.24, 2.45) is 16.3 Å². The van der Waals surface area contributed by atoms with E-state index in [0.29, 0.717) is 45.9 Å². The number of hydrogen-bond donors (Lipinski definition) is 3. The van der Waals surface area contributed by atoms with Crippen LogP contribution in [0.25, 0.3) is 17.0 Å². The minimum absolute atomic E-state index is 0.0104. The number of fused-ring (bicyclic) bond motifs is 1. The summed E-state index contributed by atoms with van der Waals surface area (Å²) in [5, 5.41) is 8.47. The second-order valence-corrected chi connectivity index (χ2v) is 19.3. The van der Waals surface area contributed by atoms with Gasteiger partial charge in [0.1, 0.15) is 29.5 Å². The Hall–Kier alpha value is -5.13. The topological polar surface area (TPSA) is 187 Å². The number of ether oxygens (including phenoxy) is 4. The molecule has 3 heterocycles. The number of thiazole rings is 1. The van der Waals surface area contributed by atoms with E-state index in [0.717, 1.165) is 11.1 Å². The summed E-state index contributed by atoms with van der Waals surface area (Å²) < 4.78 is 50.5. The summed E-state index contributed by atoms with van der Waals surface area (Å²) in [7, 11) is -2.38. The Morgan fingerprint density at radius 1 is 1.14 bits per heavy atom. The van der Waals surface area contributed by atoms with Crippen LogP contribution in [0, 0.1) is 11.3 Å². The molecule has 1 aromatic heterocycles. The number of carbonyl (C=O) groups excluding carboxylic acids is 3. The number of hydrogen-bond acceptors (Lipinski definition) is 13. The third-order valence-electron chi connectivity index (χ3n) is 10.7. The van der Waals surface area contributed by atoms with E-state index < -0.39 is 68.1 Å². The third kappa shape index (κ3) is 9.21. The highest BCUT2D eigenvalue weighted by Gasteiger charge is 2.62. The highest BCUT2D eigenvalue weighted by molar-refractivity contribution is 7.91. The fraction of sp³-hybridized carbons (Fsp3) is 0.439. The highest BCUT2D eigenvalue weighted by Crippen LogP contribution is 2.46. The van der Waals surface area contributed by atoms with Crippen molar-refractivity contribution in [3.05, 3.63) is 77.3 Å². The first kappa shape index (κ1) is 42.0. The molecule has 3 fully saturated rings. The normalized spacial score (nSPS) is 23.3. The van der Waals surface area contributed by atoms with Gasteiger partial charge in [0.25, 0.3) is 5.91 Å². The van der Waals surface area contributed by atoms with Gasteiger partial charge in [-0.05, 0) is 67.1 Å². The number of rotatable bonds is 14. The summed E-state index contributed by atoms with van der Waals surface area (Å²) in [5.74, 6) is -0.372. The number of nitrogens with zero attached hydrogens (tertiary/aromatic N) is 3. The molecule has 2 aliphatic carbocycles. The minimum Gasteiger partial charge on any atom is -0.495 e. The van der Waals surface area contributed by atoms with Crippen LogP contribution in [0.4, 0.5) is 5.13 Å². The Bertz CT molecular complexity index is 2300. The van der Waals surface area contributed by atoms with Crippen molar-refractivity contribution in [1.29, 1.82) is 0 Å². The molecule has 1 saturated heterocycles. The zero-order chi connectivity index (χ0) is 42.3. The van der Waals surface area contributed by atoms with Crippen LogP contribution in [0.3, 0.4) is 0 Å². The van der Waals surface area contributed by atoms with Crippen molar-refractivity contribution in [2.75, 3.05) is 25.8 Å². The molecule has 18 heteroatoms. The summed E-state index contributed by atoms with van der Waals surface area (Å²) >= 11 is 7.39. The first-order valence-electron chi connectivity index (χ1n) is 19.2. The van der Waals surface area contributed by atoms with Crippen LogP contribution < -0.4 is 24.8 Å². The first-order valence-corrected chi connectivity index (χ1v) is 22.0. The number of likely N-dealkylation sites (tertiary alicyclic amines) is 1. The number of amides is 3. The molecule has 15 nitrogen and oxygen atoms in total. The van der Waals surface area contributed by atoms with Gasteiger partial charge in [-0.3, -0.25) is 19.1 Å². The van der Waals surface area contributed by atoms with Crippen LogP contribution >= 0.6 is 22.9 Å². The second-order valence-electron chi connectivity index (χ2n) is 16.1. The van der Waals surface area contributed by atoms with Gasteiger partial charge in [0.15, 0.2) is 22.5 Å². The highest BCUT2D eigenvalue weighted by atomic mass is 35.5. The van der Waals surface area contributed by atoms with Gasteiger partial charge in [0.2, 0.25) is 28.6 Å². The average molecular weight is 867 g/mol. The van der Waals surface area contributed by atoms with Crippen LogP contribution in [0.15, 0.2) is 71.7 Å². The monoisotopic (exact) mass is 866 g/mol. The van der Waals surface area contributed by atoms with E-state index in [1.165, 1.54) is 35.6 Å². The summed E-state index contributed by atoms with van der Waals surface area (Å²) in [6, 6.07) is 10.6. The summed E-state index contributed by atoms with van der Waals surface area (Å²) in [6.07, 6.45) is 3.48. The summed E-state index contributed by atoms with van der Waals surface area (Å²) in [5.41, 5.74) is 0.0140. The molecular formula is C41H47ClN6O9S2. The largest absolute Gasteiger partial charge is 0.495 e. The Morgan fingerprint density at radius 2 is 1.86 bits per heavy atom. The molecule has 4 aliphatic rings. The number of sulfonamides is 1. The Morgan fingerprint density at radius 3 is 2.53 bits per heavy atom. The van der Waals surface area contributed by atoms with Crippen molar-refractivity contribution in [2.45, 2.75) is 82.4 Å². The average Bonchev–Trinajstić information content (AvgIpc) is 3.99. The third-order valence-corrected chi connectivity index (χ3v) is 13.5. The fourth-order valence-electron chi connectivity index (χ4n) is 7.14. The van der Waals surface area contributed by atoms with Gasteiger partial charge in [0, 0.05) is 40.8 Å². The molecule has 59 heavy (non-hydrogen) atoms. The molecule has 2 aromatic carbocycles. The van der Waals surface area contributed by atoms with Gasteiger partial charge in [-0.2, -0.15) is 0 Å². The zero-order valence-electron chi connectivity index (χ0n) is 33.3. The van der Waals surface area contributed by atoms with E-state index >= 15 is 0 Å². The number of aromatic nitrogens is 1. The quantitative estimate of drug-likeness (QED) is 0.0777. The zero-order valence-corrected chi connectivity index (χ0v) is 35.7. The number of anilines is 1. The van der Waals surface area contributed by atoms with Gasteiger partial charge in [0.05, 0.1) is 30.8 Å². The summed E-state index contributed by atoms with van der Waals surface area (Å²) in [4.78, 5) is 53.5. The van der Waals surface area contributed by atoms with E-state index in [-0.39, 0.29) is 32.1 Å². The maximum atomic E-state index is 14.8. The van der Waals surface area contributed by atoms with E-state index in [9.17, 15) is 22.8 Å². The Labute approximate surface area is 352 Å². The lowest BCUT2D eigenvalue weighted by molar-refractivity contribution is -0.141. The van der Waals surface area contributed by atoms with Crippen LogP contribution in [-0.4, -0.2) is 91.3 Å². The van der Waals surface area contributed by atoms with E-state index in [1.54, 1.807) is 31.2 Å². The van der Waals surface area contributed by atoms with Crippen molar-refractivity contribution in [3.8, 4) is 22.8 Å². The number of halogens is 1. The molecular weight excluding hydrogens is 820 g/mol. The Kier molecular flexibility index (Phi) is 11.7. The molecule has 7 rings (SSSR count). The van der Waals surface area contributed by atoms with Gasteiger partial charge in [-0.15, -0.1) is 17.9 Å². The predicted octanol–water partition coefficient (Wildman–Crippen LogP) is 5.74. The lowest BCUT2D eigenvalue weighted by Crippen LogP contribution is -2.58. The van der Waals surface area contributed by atoms with E-state index in [2.05, 4.69) is 26.9 Å². The number of aliphatic imine (C=N–C) groups is 1. The molecule has 3 aromatic rings. The smallest absolute Gasteiger partial charge is 0.259 e. The number of methoxy groups -OCH3 is 1. The van der Waals surface area contributed by atoms with Crippen molar-refractivity contribution in [3.63, 3.8) is 0 Å². The summed E-state index contributed by atoms with van der Waals surface area (Å²) in [6.45, 7) is 11.3. The van der Waals surface area contributed by atoms with E-state index in [4.69, 9.17) is 35.5 Å². The molecule has 0 bridgehead atoms. The number of nitrogens with one attached hydrogen (secondary N) is 3. The molecule has 0 spiro atoms. The lowest BCUT2D eigenvalue weighted by atomic mass is 9.85.